The van der Waals surface area contributed by atoms with Gasteiger partial charge in [0.2, 0.25) is 23.6 Å². The van der Waals surface area contributed by atoms with Crippen LogP contribution in [0.4, 0.5) is 10.1 Å². The van der Waals surface area contributed by atoms with Crippen molar-refractivity contribution in [3.05, 3.63) is 41.9 Å². The van der Waals surface area contributed by atoms with Crippen LogP contribution in [-0.4, -0.2) is 51.7 Å². The molecular formula is C32H36FN5O4. The van der Waals surface area contributed by atoms with Gasteiger partial charge >= 0.3 is 0 Å². The Kier molecular flexibility index (Phi) is 5.00. The second kappa shape index (κ2) is 8.27. The van der Waals surface area contributed by atoms with Crippen molar-refractivity contribution >= 4 is 11.6 Å². The second-order valence-electron chi connectivity index (χ2n) is 14.9. The average Bonchev–Trinajstić information content (AvgIpc) is 3.47. The fraction of sp³-hybridized carbons (Fsp3) is 0.656. The summed E-state index contributed by atoms with van der Waals surface area (Å²) in [5.74, 6) is 3.15. The molecule has 10 heteroatoms. The molecule has 3 aromatic rings. The maximum atomic E-state index is 14.6. The summed E-state index contributed by atoms with van der Waals surface area (Å²) in [5, 5.41) is 13.0. The molecule has 42 heavy (non-hydrogen) atoms. The Bertz CT molecular complexity index is 1540. The van der Waals surface area contributed by atoms with E-state index in [-0.39, 0.29) is 22.2 Å². The minimum absolute atomic E-state index is 0.00827. The van der Waals surface area contributed by atoms with E-state index in [1.807, 2.05) is 29.2 Å². The molecule has 1 amide bonds. The van der Waals surface area contributed by atoms with Gasteiger partial charge in [-0.3, -0.25) is 4.79 Å². The van der Waals surface area contributed by atoms with Crippen LogP contribution < -0.4 is 4.90 Å². The Morgan fingerprint density at radius 3 is 2.43 bits per heavy atom. The molecule has 1 aromatic carbocycles. The number of halogens is 1. The molecule has 7 saturated carbocycles. The highest BCUT2D eigenvalue weighted by molar-refractivity contribution is 6.00. The predicted octanol–water partition coefficient (Wildman–Crippen LogP) is 5.80. The van der Waals surface area contributed by atoms with E-state index in [1.165, 1.54) is 0 Å². The summed E-state index contributed by atoms with van der Waals surface area (Å²) < 4.78 is 31.7. The predicted molar refractivity (Wildman–Crippen MR) is 148 cm³/mol. The first kappa shape index (κ1) is 25.4. The third-order valence-electron chi connectivity index (χ3n) is 11.6. The van der Waals surface area contributed by atoms with Crippen molar-refractivity contribution in [2.24, 2.45) is 10.8 Å². The Morgan fingerprint density at radius 1 is 1.05 bits per heavy atom. The number of fused-ring (bicyclic) bond motifs is 3. The number of nitrogens with zero attached hydrogens (tertiary/aromatic N) is 5. The average molecular weight is 574 g/mol. The topological polar surface area (TPSA) is 107 Å². The van der Waals surface area contributed by atoms with E-state index in [2.05, 4.69) is 22.3 Å². The SMILES string of the molecule is CC1(c2nc(C34CCC(CN(C(=O)C56CC(F)(C5)C6)c5cccc(-c6nnc(C7CC7)o6)c5)(CC3)CC4)no2)COC1. The van der Waals surface area contributed by atoms with Crippen LogP contribution in [0.5, 0.6) is 0 Å². The lowest BCUT2D eigenvalue weighted by atomic mass is 9.41. The first-order valence-corrected chi connectivity index (χ1v) is 15.6. The number of hydrogen-bond donors (Lipinski definition) is 0. The smallest absolute Gasteiger partial charge is 0.247 e. The van der Waals surface area contributed by atoms with Crippen molar-refractivity contribution in [2.75, 3.05) is 24.7 Å². The van der Waals surface area contributed by atoms with Gasteiger partial charge in [-0.2, -0.15) is 4.98 Å². The van der Waals surface area contributed by atoms with E-state index in [0.29, 0.717) is 62.6 Å². The number of rotatable bonds is 8. The molecule has 0 radical (unpaired) electrons. The van der Waals surface area contributed by atoms with Crippen LogP contribution in [0.2, 0.25) is 0 Å². The number of amides is 1. The quantitative estimate of drug-likeness (QED) is 0.333. The zero-order valence-electron chi connectivity index (χ0n) is 24.0. The molecule has 0 unspecified atom stereocenters. The highest BCUT2D eigenvalue weighted by atomic mass is 19.1. The third-order valence-corrected chi connectivity index (χ3v) is 11.6. The summed E-state index contributed by atoms with van der Waals surface area (Å²) in [6.45, 7) is 3.99. The number of carbonyl (C=O) groups is 1. The molecule has 1 aliphatic heterocycles. The molecule has 0 spiro atoms. The molecule has 3 heterocycles. The Morgan fingerprint density at radius 2 is 1.79 bits per heavy atom. The summed E-state index contributed by atoms with van der Waals surface area (Å²) in [5.41, 5.74) is -0.278. The van der Waals surface area contributed by atoms with Gasteiger partial charge in [0.15, 0.2) is 5.82 Å². The monoisotopic (exact) mass is 573 g/mol. The van der Waals surface area contributed by atoms with Crippen LogP contribution >= 0.6 is 0 Å². The fourth-order valence-electron chi connectivity index (χ4n) is 8.50. The van der Waals surface area contributed by atoms with Gasteiger partial charge in [-0.05, 0) is 101 Å². The van der Waals surface area contributed by atoms with E-state index >= 15 is 0 Å². The van der Waals surface area contributed by atoms with Gasteiger partial charge in [-0.1, -0.05) is 11.2 Å². The van der Waals surface area contributed by atoms with E-state index in [1.54, 1.807) is 0 Å². The van der Waals surface area contributed by atoms with Gasteiger partial charge in [0.1, 0.15) is 5.67 Å². The summed E-state index contributed by atoms with van der Waals surface area (Å²) in [7, 11) is 0. The molecule has 220 valence electrons. The third kappa shape index (κ3) is 3.66. The molecule has 7 aliphatic carbocycles. The molecule has 0 N–H and O–H groups in total. The van der Waals surface area contributed by atoms with Crippen LogP contribution in [0.1, 0.15) is 101 Å². The van der Waals surface area contributed by atoms with Gasteiger partial charge in [0.25, 0.3) is 0 Å². The molecular weight excluding hydrogens is 537 g/mol. The normalized spacial score (nSPS) is 35.7. The Balaban J connectivity index is 0.984. The summed E-state index contributed by atoms with van der Waals surface area (Å²) >= 11 is 0. The van der Waals surface area contributed by atoms with Crippen LogP contribution in [0.3, 0.4) is 0 Å². The molecule has 4 bridgehead atoms. The zero-order valence-corrected chi connectivity index (χ0v) is 24.0. The number of carbonyl (C=O) groups excluding carboxylic acids is 1. The number of benzene rings is 1. The standard InChI is InChI=1S/C32H36FN5O4/c1-28(18-40-19-28)26-34-25(37-42-26)30-10-7-29(8-11-30,9-12-30)17-38(27(39)31-14-32(33,15-31)16-31)22-4-2-3-21(13-22)24-36-35-23(41-24)20-5-6-20/h2-4,13,20H,5-12,14-19H2,1H3. The molecule has 9 nitrogen and oxygen atoms in total. The largest absolute Gasteiger partial charge is 0.420 e. The minimum Gasteiger partial charge on any atom is -0.420 e. The molecule has 2 aromatic heterocycles. The molecule has 0 atom stereocenters. The number of alkyl halides is 1. The summed E-state index contributed by atoms with van der Waals surface area (Å²) in [4.78, 5) is 21.1. The number of aromatic nitrogens is 4. The minimum atomic E-state index is -1.13. The first-order chi connectivity index (χ1) is 20.2. The highest BCUT2D eigenvalue weighted by Gasteiger charge is 2.73. The van der Waals surface area contributed by atoms with E-state index in [0.717, 1.165) is 68.4 Å². The van der Waals surface area contributed by atoms with Gasteiger partial charge < -0.3 is 18.6 Å². The number of ether oxygens (including phenoxy) is 1. The van der Waals surface area contributed by atoms with Crippen LogP contribution in [0.15, 0.2) is 33.2 Å². The van der Waals surface area contributed by atoms with Crippen molar-refractivity contribution in [3.8, 4) is 11.5 Å². The zero-order chi connectivity index (χ0) is 28.4. The van der Waals surface area contributed by atoms with Crippen LogP contribution in [0, 0.1) is 10.8 Å². The van der Waals surface area contributed by atoms with Gasteiger partial charge in [-0.15, -0.1) is 10.2 Å². The lowest BCUT2D eigenvalue weighted by molar-refractivity contribution is -0.211. The van der Waals surface area contributed by atoms with Crippen molar-refractivity contribution in [1.29, 1.82) is 0 Å². The first-order valence-electron chi connectivity index (χ1n) is 15.6. The van der Waals surface area contributed by atoms with Crippen molar-refractivity contribution in [3.63, 3.8) is 0 Å². The van der Waals surface area contributed by atoms with E-state index in [4.69, 9.17) is 18.7 Å². The number of anilines is 1. The van der Waals surface area contributed by atoms with Gasteiger partial charge in [0, 0.05) is 29.1 Å². The van der Waals surface area contributed by atoms with Gasteiger partial charge in [-0.25, -0.2) is 4.39 Å². The van der Waals surface area contributed by atoms with Crippen molar-refractivity contribution in [1.82, 2.24) is 20.3 Å². The van der Waals surface area contributed by atoms with Crippen molar-refractivity contribution in [2.45, 2.75) is 100.0 Å². The maximum Gasteiger partial charge on any atom is 0.247 e. The molecule has 8 fully saturated rings. The van der Waals surface area contributed by atoms with E-state index < -0.39 is 11.1 Å². The summed E-state index contributed by atoms with van der Waals surface area (Å²) in [6.07, 6.45) is 9.15. The van der Waals surface area contributed by atoms with Gasteiger partial charge in [0.05, 0.1) is 24.0 Å². The van der Waals surface area contributed by atoms with Crippen LogP contribution in [-0.2, 0) is 20.4 Å². The van der Waals surface area contributed by atoms with E-state index in [9.17, 15) is 9.18 Å². The maximum absolute atomic E-state index is 14.6. The fourth-order valence-corrected chi connectivity index (χ4v) is 8.50. The lowest BCUT2D eigenvalue weighted by Crippen LogP contribution is -2.71. The number of hydrogen-bond acceptors (Lipinski definition) is 8. The lowest BCUT2D eigenvalue weighted by Gasteiger charge is -2.65. The molecule has 8 aliphatic rings. The van der Waals surface area contributed by atoms with Crippen LogP contribution in [0.25, 0.3) is 11.5 Å². The Labute approximate surface area is 243 Å². The summed E-state index contributed by atoms with van der Waals surface area (Å²) in [6, 6.07) is 7.90. The molecule has 11 rings (SSSR count). The van der Waals surface area contributed by atoms with Crippen molar-refractivity contribution < 1.29 is 22.9 Å². The molecule has 1 saturated heterocycles. The second-order valence-corrected chi connectivity index (χ2v) is 14.9. The highest BCUT2D eigenvalue weighted by Crippen LogP contribution is 2.70. The Hall–Kier alpha value is -3.14.